The second kappa shape index (κ2) is 11.6. The van der Waals surface area contributed by atoms with E-state index < -0.39 is 0 Å². The third-order valence-corrected chi connectivity index (χ3v) is 5.62. The molecule has 3 rings (SSSR count). The van der Waals surface area contributed by atoms with Gasteiger partial charge in [-0.3, -0.25) is 14.5 Å². The molecule has 0 radical (unpaired) electrons. The van der Waals surface area contributed by atoms with Crippen molar-refractivity contribution in [2.24, 2.45) is 0 Å². The van der Waals surface area contributed by atoms with Crippen LogP contribution in [0.5, 0.6) is 0 Å². The molecular formula is C25H34N4O3. The molecule has 1 aliphatic heterocycles. The largest absolute Gasteiger partial charge is 0.378 e. The monoisotopic (exact) mass is 438 g/mol. The van der Waals surface area contributed by atoms with Gasteiger partial charge in [-0.1, -0.05) is 31.2 Å². The normalized spacial score (nSPS) is 14.8. The quantitative estimate of drug-likeness (QED) is 0.630. The van der Waals surface area contributed by atoms with Crippen LogP contribution in [0.25, 0.3) is 0 Å². The highest BCUT2D eigenvalue weighted by Gasteiger charge is 2.15. The Morgan fingerprint density at radius 2 is 1.62 bits per heavy atom. The number of carbonyl (C=O) groups is 2. The zero-order valence-corrected chi connectivity index (χ0v) is 19.3. The molecule has 2 aromatic rings. The molecule has 0 bridgehead atoms. The third-order valence-electron chi connectivity index (χ3n) is 5.62. The molecule has 2 aromatic carbocycles. The van der Waals surface area contributed by atoms with Crippen LogP contribution in [0, 0.1) is 0 Å². The first-order valence-electron chi connectivity index (χ1n) is 11.2. The van der Waals surface area contributed by atoms with Crippen molar-refractivity contribution >= 4 is 23.2 Å². The van der Waals surface area contributed by atoms with E-state index in [4.69, 9.17) is 4.74 Å². The van der Waals surface area contributed by atoms with Crippen LogP contribution in [0.2, 0.25) is 0 Å². The zero-order chi connectivity index (χ0) is 22.9. The van der Waals surface area contributed by atoms with Crippen molar-refractivity contribution in [1.82, 2.24) is 10.2 Å². The number of hydrogen-bond donors (Lipinski definition) is 2. The number of likely N-dealkylation sites (N-methyl/N-ethyl adjacent to an activating group) is 1. The fraction of sp³-hybridized carbons (Fsp3) is 0.440. The Morgan fingerprint density at radius 1 is 1.00 bits per heavy atom. The third kappa shape index (κ3) is 7.07. The first-order chi connectivity index (χ1) is 15.4. The van der Waals surface area contributed by atoms with Crippen molar-refractivity contribution in [1.29, 1.82) is 0 Å². The van der Waals surface area contributed by atoms with E-state index in [1.165, 1.54) is 5.56 Å². The molecule has 1 heterocycles. The van der Waals surface area contributed by atoms with Crippen LogP contribution in [0.15, 0.2) is 48.5 Å². The summed E-state index contributed by atoms with van der Waals surface area (Å²) in [7, 11) is 1.77. The average Bonchev–Trinajstić information content (AvgIpc) is 2.79. The molecule has 2 N–H and O–H groups in total. The number of anilines is 2. The lowest BCUT2D eigenvalue weighted by Gasteiger charge is -2.28. The maximum absolute atomic E-state index is 12.4. The summed E-state index contributed by atoms with van der Waals surface area (Å²) < 4.78 is 5.38. The SMILES string of the molecule is CCc1ccc(C(C)NC(=O)CN(C)CC(=O)Nc2ccc(N3CCOCC3)cc2)cc1. The van der Waals surface area contributed by atoms with Crippen LogP contribution >= 0.6 is 0 Å². The van der Waals surface area contributed by atoms with Crippen LogP contribution < -0.4 is 15.5 Å². The van der Waals surface area contributed by atoms with Crippen LogP contribution in [-0.4, -0.2) is 63.2 Å². The minimum Gasteiger partial charge on any atom is -0.378 e. The molecule has 0 saturated carbocycles. The number of nitrogens with one attached hydrogen (secondary N) is 2. The van der Waals surface area contributed by atoms with Gasteiger partial charge in [0.25, 0.3) is 0 Å². The number of benzene rings is 2. The summed E-state index contributed by atoms with van der Waals surface area (Å²) in [6.45, 7) is 7.60. The predicted molar refractivity (Wildman–Crippen MR) is 128 cm³/mol. The van der Waals surface area contributed by atoms with E-state index in [0.29, 0.717) is 0 Å². The van der Waals surface area contributed by atoms with Gasteiger partial charge in [-0.2, -0.15) is 0 Å². The molecule has 32 heavy (non-hydrogen) atoms. The summed E-state index contributed by atoms with van der Waals surface area (Å²) in [5.41, 5.74) is 4.21. The number of amides is 2. The lowest BCUT2D eigenvalue weighted by atomic mass is 10.1. The van der Waals surface area contributed by atoms with Crippen LogP contribution in [0.4, 0.5) is 11.4 Å². The summed E-state index contributed by atoms with van der Waals surface area (Å²) in [6.07, 6.45) is 0.992. The molecule has 0 spiro atoms. The van der Waals surface area contributed by atoms with Crippen molar-refractivity contribution in [3.8, 4) is 0 Å². The topological polar surface area (TPSA) is 73.9 Å². The average molecular weight is 439 g/mol. The van der Waals surface area contributed by atoms with Crippen molar-refractivity contribution in [2.75, 3.05) is 56.7 Å². The molecule has 172 valence electrons. The Morgan fingerprint density at radius 3 is 2.25 bits per heavy atom. The van der Waals surface area contributed by atoms with Gasteiger partial charge in [0, 0.05) is 24.5 Å². The molecule has 0 aliphatic carbocycles. The van der Waals surface area contributed by atoms with E-state index in [9.17, 15) is 9.59 Å². The summed E-state index contributed by atoms with van der Waals surface area (Å²) in [4.78, 5) is 28.7. The number of carbonyl (C=O) groups excluding carboxylic acids is 2. The molecule has 7 heteroatoms. The second-order valence-corrected chi connectivity index (χ2v) is 8.25. The van der Waals surface area contributed by atoms with E-state index in [0.717, 1.165) is 49.7 Å². The van der Waals surface area contributed by atoms with Crippen LogP contribution in [-0.2, 0) is 20.7 Å². The lowest BCUT2D eigenvalue weighted by molar-refractivity contribution is -0.123. The Hall–Kier alpha value is -2.90. The van der Waals surface area contributed by atoms with Crippen molar-refractivity contribution in [2.45, 2.75) is 26.3 Å². The number of nitrogens with zero attached hydrogens (tertiary/aromatic N) is 2. The van der Waals surface area contributed by atoms with E-state index in [-0.39, 0.29) is 30.9 Å². The van der Waals surface area contributed by atoms with Crippen LogP contribution in [0.3, 0.4) is 0 Å². The summed E-state index contributed by atoms with van der Waals surface area (Å²) in [5.74, 6) is -0.259. The van der Waals surface area contributed by atoms with Gasteiger partial charge < -0.3 is 20.3 Å². The maximum Gasteiger partial charge on any atom is 0.238 e. The van der Waals surface area contributed by atoms with Gasteiger partial charge in [0.05, 0.1) is 32.3 Å². The number of morpholine rings is 1. The van der Waals surface area contributed by atoms with Gasteiger partial charge in [-0.25, -0.2) is 0 Å². The van der Waals surface area contributed by atoms with Crippen molar-refractivity contribution in [3.05, 3.63) is 59.7 Å². The fourth-order valence-corrected chi connectivity index (χ4v) is 3.74. The molecule has 7 nitrogen and oxygen atoms in total. The highest BCUT2D eigenvalue weighted by Crippen LogP contribution is 2.19. The van der Waals surface area contributed by atoms with Crippen molar-refractivity contribution in [3.63, 3.8) is 0 Å². The number of hydrogen-bond acceptors (Lipinski definition) is 5. The number of aryl methyl sites for hydroxylation is 1. The Labute approximate surface area is 190 Å². The molecule has 1 fully saturated rings. The maximum atomic E-state index is 12.4. The van der Waals surface area contributed by atoms with Gasteiger partial charge in [0.2, 0.25) is 11.8 Å². The van der Waals surface area contributed by atoms with E-state index in [2.05, 4.69) is 34.6 Å². The standard InChI is InChI=1S/C25H34N4O3/c1-4-20-5-7-21(8-6-20)19(2)26-24(30)17-28(3)18-25(31)27-22-9-11-23(12-10-22)29-13-15-32-16-14-29/h5-12,19H,4,13-18H2,1-3H3,(H,26,30)(H,27,31). The molecular weight excluding hydrogens is 404 g/mol. The fourth-order valence-electron chi connectivity index (χ4n) is 3.74. The summed E-state index contributed by atoms with van der Waals surface area (Å²) >= 11 is 0. The van der Waals surface area contributed by atoms with Gasteiger partial charge in [0.1, 0.15) is 0 Å². The van der Waals surface area contributed by atoms with Crippen molar-refractivity contribution < 1.29 is 14.3 Å². The van der Waals surface area contributed by atoms with E-state index in [1.807, 2.05) is 43.3 Å². The van der Waals surface area contributed by atoms with Crippen LogP contribution in [0.1, 0.15) is 31.0 Å². The smallest absolute Gasteiger partial charge is 0.238 e. The highest BCUT2D eigenvalue weighted by molar-refractivity contribution is 5.92. The molecule has 1 aliphatic rings. The first kappa shape index (κ1) is 23.8. The summed E-state index contributed by atoms with van der Waals surface area (Å²) in [5, 5.41) is 5.90. The van der Waals surface area contributed by atoms with E-state index in [1.54, 1.807) is 11.9 Å². The summed E-state index contributed by atoms with van der Waals surface area (Å²) in [6, 6.07) is 16.0. The zero-order valence-electron chi connectivity index (χ0n) is 19.3. The predicted octanol–water partition coefficient (Wildman–Crippen LogP) is 2.83. The molecule has 1 atom stereocenters. The Bertz CT molecular complexity index is 877. The van der Waals surface area contributed by atoms with Gasteiger partial charge in [0.15, 0.2) is 0 Å². The lowest BCUT2D eigenvalue weighted by Crippen LogP contribution is -2.39. The Balaban J connectivity index is 1.42. The van der Waals surface area contributed by atoms with Gasteiger partial charge in [-0.15, -0.1) is 0 Å². The minimum atomic E-state index is -0.150. The second-order valence-electron chi connectivity index (χ2n) is 8.25. The highest BCUT2D eigenvalue weighted by atomic mass is 16.5. The number of ether oxygens (including phenoxy) is 1. The minimum absolute atomic E-state index is 0.0828. The molecule has 1 saturated heterocycles. The molecule has 2 amide bonds. The van der Waals surface area contributed by atoms with Gasteiger partial charge >= 0.3 is 0 Å². The molecule has 1 unspecified atom stereocenters. The first-order valence-corrected chi connectivity index (χ1v) is 11.2. The van der Waals surface area contributed by atoms with Gasteiger partial charge in [-0.05, 0) is 55.8 Å². The number of rotatable bonds is 9. The van der Waals surface area contributed by atoms with E-state index >= 15 is 0 Å². The Kier molecular flexibility index (Phi) is 8.64. The molecule has 0 aromatic heterocycles.